The zero-order valence-electron chi connectivity index (χ0n) is 17.4. The van der Waals surface area contributed by atoms with Crippen molar-refractivity contribution in [3.63, 3.8) is 0 Å². The molecule has 0 radical (unpaired) electrons. The van der Waals surface area contributed by atoms with Crippen molar-refractivity contribution in [1.82, 2.24) is 24.9 Å². The Balaban J connectivity index is 1.38. The van der Waals surface area contributed by atoms with Gasteiger partial charge in [-0.05, 0) is 43.9 Å². The number of fused-ring (bicyclic) bond motifs is 2. The van der Waals surface area contributed by atoms with E-state index in [9.17, 15) is 0 Å². The van der Waals surface area contributed by atoms with Crippen LogP contribution in [0.15, 0.2) is 35.6 Å². The van der Waals surface area contributed by atoms with Crippen LogP contribution in [0.2, 0.25) is 0 Å². The maximum Gasteiger partial charge on any atom is 0.241 e. The van der Waals surface area contributed by atoms with Crippen LogP contribution in [0.5, 0.6) is 0 Å². The summed E-state index contributed by atoms with van der Waals surface area (Å²) in [5.41, 5.74) is 5.95. The first kappa shape index (κ1) is 19.1. The Morgan fingerprint density at radius 3 is 2.97 bits per heavy atom. The predicted molar refractivity (Wildman–Crippen MR) is 118 cm³/mol. The first-order valence-corrected chi connectivity index (χ1v) is 10.6. The second-order valence-electron chi connectivity index (χ2n) is 8.08. The molecule has 156 valence electrons. The van der Waals surface area contributed by atoms with Gasteiger partial charge in [0, 0.05) is 44.1 Å². The van der Waals surface area contributed by atoms with Gasteiger partial charge in [-0.3, -0.25) is 9.98 Å². The second-order valence-corrected chi connectivity index (χ2v) is 8.08. The Labute approximate surface area is 175 Å². The van der Waals surface area contributed by atoms with E-state index in [-0.39, 0.29) is 6.04 Å². The third-order valence-electron chi connectivity index (χ3n) is 5.78. The molecule has 0 spiro atoms. The molecule has 8 nitrogen and oxygen atoms in total. The summed E-state index contributed by atoms with van der Waals surface area (Å²) in [4.78, 5) is 14.2. The standard InChI is InChI=1S/C22H27N7O/c1-14-19(23-8-10-30-2)11-20-18(26-14)6-5-17(27-20)16-7-9-29-21(16)13-25-22(28-29)24-12-15-3-4-15/h5-7,9,13,15,19,23H,3-4,8,10-12H2,1-2H3,(H,24,28). The minimum atomic E-state index is 0.185. The number of hydrogen-bond acceptors (Lipinski definition) is 7. The van der Waals surface area contributed by atoms with Gasteiger partial charge in [0.2, 0.25) is 5.95 Å². The lowest BCUT2D eigenvalue weighted by atomic mass is 10.0. The fourth-order valence-corrected chi connectivity index (χ4v) is 3.82. The van der Waals surface area contributed by atoms with E-state index in [2.05, 4.69) is 39.8 Å². The van der Waals surface area contributed by atoms with Gasteiger partial charge in [-0.2, -0.15) is 0 Å². The van der Waals surface area contributed by atoms with Gasteiger partial charge < -0.3 is 15.4 Å². The quantitative estimate of drug-likeness (QED) is 0.560. The molecule has 8 heteroatoms. The van der Waals surface area contributed by atoms with Crippen molar-refractivity contribution in [3.8, 4) is 11.3 Å². The SMILES string of the molecule is COCCNC1Cc2nc(-c3ccn4nc(NCC5CC5)ncc34)ccc2N=C1C. The normalized spacial score (nSPS) is 18.3. The number of nitrogens with one attached hydrogen (secondary N) is 2. The molecule has 0 bridgehead atoms. The van der Waals surface area contributed by atoms with Gasteiger partial charge in [-0.15, -0.1) is 5.10 Å². The van der Waals surface area contributed by atoms with Gasteiger partial charge >= 0.3 is 0 Å². The number of ether oxygens (including phenoxy) is 1. The minimum Gasteiger partial charge on any atom is -0.383 e. The lowest BCUT2D eigenvalue weighted by molar-refractivity contribution is 0.198. The largest absolute Gasteiger partial charge is 0.383 e. The van der Waals surface area contributed by atoms with Gasteiger partial charge in [-0.25, -0.2) is 9.50 Å². The summed E-state index contributed by atoms with van der Waals surface area (Å²) >= 11 is 0. The molecule has 1 aliphatic heterocycles. The molecule has 0 aromatic carbocycles. The summed E-state index contributed by atoms with van der Waals surface area (Å²) in [6, 6.07) is 6.32. The van der Waals surface area contributed by atoms with E-state index in [0.717, 1.165) is 59.3 Å². The molecule has 1 aliphatic carbocycles. The molecule has 0 amide bonds. The summed E-state index contributed by atoms with van der Waals surface area (Å²) in [6.45, 7) is 4.49. The van der Waals surface area contributed by atoms with Crippen LogP contribution < -0.4 is 10.6 Å². The Hall–Kier alpha value is -2.84. The van der Waals surface area contributed by atoms with Crippen LogP contribution in [-0.4, -0.2) is 58.1 Å². The van der Waals surface area contributed by atoms with Crippen molar-refractivity contribution in [2.24, 2.45) is 10.9 Å². The number of nitrogens with zero attached hydrogens (tertiary/aromatic N) is 5. The van der Waals surface area contributed by atoms with E-state index >= 15 is 0 Å². The van der Waals surface area contributed by atoms with Crippen LogP contribution >= 0.6 is 0 Å². The van der Waals surface area contributed by atoms with Crippen LogP contribution in [0.1, 0.15) is 25.5 Å². The van der Waals surface area contributed by atoms with Crippen LogP contribution in [0, 0.1) is 5.92 Å². The molecule has 2 N–H and O–H groups in total. The van der Waals surface area contributed by atoms with Crippen molar-refractivity contribution in [1.29, 1.82) is 0 Å². The van der Waals surface area contributed by atoms with Gasteiger partial charge in [-0.1, -0.05) is 0 Å². The number of aliphatic imine (C=N–C) groups is 1. The van der Waals surface area contributed by atoms with Crippen LogP contribution in [0.4, 0.5) is 11.6 Å². The maximum atomic E-state index is 5.15. The van der Waals surface area contributed by atoms with E-state index in [1.807, 2.05) is 23.0 Å². The highest BCUT2D eigenvalue weighted by Crippen LogP contribution is 2.31. The van der Waals surface area contributed by atoms with Gasteiger partial charge in [0.05, 0.1) is 41.4 Å². The Morgan fingerprint density at radius 2 is 2.13 bits per heavy atom. The smallest absolute Gasteiger partial charge is 0.241 e. The molecule has 1 atom stereocenters. The number of rotatable bonds is 8. The average molecular weight is 406 g/mol. The summed E-state index contributed by atoms with van der Waals surface area (Å²) in [7, 11) is 1.71. The highest BCUT2D eigenvalue weighted by Gasteiger charge is 2.23. The Bertz CT molecular complexity index is 1090. The molecule has 3 aromatic heterocycles. The number of pyridine rings is 1. The number of anilines is 1. The Morgan fingerprint density at radius 1 is 1.23 bits per heavy atom. The molecule has 5 rings (SSSR count). The lowest BCUT2D eigenvalue weighted by Crippen LogP contribution is -2.40. The number of methoxy groups -OCH3 is 1. The molecule has 1 fully saturated rings. The molecule has 30 heavy (non-hydrogen) atoms. The third kappa shape index (κ3) is 3.93. The van der Waals surface area contributed by atoms with Crippen LogP contribution in [-0.2, 0) is 11.2 Å². The summed E-state index contributed by atoms with van der Waals surface area (Å²) in [5, 5.41) is 11.4. The van der Waals surface area contributed by atoms with Crippen LogP contribution in [0.25, 0.3) is 16.8 Å². The molecule has 2 aliphatic rings. The lowest BCUT2D eigenvalue weighted by Gasteiger charge is -2.23. The third-order valence-corrected chi connectivity index (χ3v) is 5.78. The first-order valence-electron chi connectivity index (χ1n) is 10.6. The Kier molecular flexibility index (Phi) is 5.18. The maximum absolute atomic E-state index is 5.15. The second kappa shape index (κ2) is 8.12. The molecule has 0 saturated heterocycles. The summed E-state index contributed by atoms with van der Waals surface area (Å²) in [5.74, 6) is 1.45. The molecular formula is C22H27N7O. The topological polar surface area (TPSA) is 88.7 Å². The zero-order valence-corrected chi connectivity index (χ0v) is 17.4. The van der Waals surface area contributed by atoms with E-state index in [1.165, 1.54) is 12.8 Å². The predicted octanol–water partition coefficient (Wildman–Crippen LogP) is 2.87. The van der Waals surface area contributed by atoms with Gasteiger partial charge in [0.25, 0.3) is 0 Å². The fraction of sp³-hybridized carbons (Fsp3) is 0.455. The van der Waals surface area contributed by atoms with E-state index in [4.69, 9.17) is 14.7 Å². The highest BCUT2D eigenvalue weighted by molar-refractivity contribution is 5.92. The number of hydrogen-bond donors (Lipinski definition) is 2. The van der Waals surface area contributed by atoms with Crippen molar-refractivity contribution < 1.29 is 4.74 Å². The fourth-order valence-electron chi connectivity index (χ4n) is 3.82. The summed E-state index contributed by atoms with van der Waals surface area (Å²) < 4.78 is 7.02. The van der Waals surface area contributed by atoms with E-state index < -0.39 is 0 Å². The van der Waals surface area contributed by atoms with E-state index in [1.54, 1.807) is 7.11 Å². The van der Waals surface area contributed by atoms with Crippen molar-refractivity contribution in [3.05, 3.63) is 36.3 Å². The highest BCUT2D eigenvalue weighted by atomic mass is 16.5. The van der Waals surface area contributed by atoms with Gasteiger partial charge in [0.1, 0.15) is 0 Å². The molecule has 1 unspecified atom stereocenters. The zero-order chi connectivity index (χ0) is 20.5. The monoisotopic (exact) mass is 405 g/mol. The molecule has 4 heterocycles. The minimum absolute atomic E-state index is 0.185. The average Bonchev–Trinajstić information content (AvgIpc) is 3.50. The van der Waals surface area contributed by atoms with E-state index in [0.29, 0.717) is 12.6 Å². The number of aromatic nitrogens is 4. The molecular weight excluding hydrogens is 378 g/mol. The molecule has 3 aromatic rings. The van der Waals surface area contributed by atoms with Crippen molar-refractivity contribution in [2.75, 3.05) is 32.1 Å². The van der Waals surface area contributed by atoms with Gasteiger partial charge in [0.15, 0.2) is 0 Å². The van der Waals surface area contributed by atoms with Crippen molar-refractivity contribution >= 4 is 22.9 Å². The molecule has 1 saturated carbocycles. The summed E-state index contributed by atoms with van der Waals surface area (Å²) in [6.07, 6.45) is 7.27. The van der Waals surface area contributed by atoms with Crippen LogP contribution in [0.3, 0.4) is 0 Å². The first-order chi connectivity index (χ1) is 14.7. The van der Waals surface area contributed by atoms with Crippen molar-refractivity contribution in [2.45, 2.75) is 32.2 Å².